The number of oxazole rings is 1. The third-order valence-electron chi connectivity index (χ3n) is 4.05. The van der Waals surface area contributed by atoms with Crippen molar-refractivity contribution in [3.8, 4) is 0 Å². The number of nitrogens with two attached hydrogens (primary N) is 1. The number of amides is 1. The highest BCUT2D eigenvalue weighted by molar-refractivity contribution is 8.00. The fourth-order valence-corrected chi connectivity index (χ4v) is 4.25. The van der Waals surface area contributed by atoms with Crippen LogP contribution in [-0.2, 0) is 28.9 Å². The molecule has 0 atom stereocenters. The topological polar surface area (TPSA) is 94.0 Å². The number of rotatable bonds is 7. The van der Waals surface area contributed by atoms with E-state index in [4.69, 9.17) is 10.2 Å². The summed E-state index contributed by atoms with van der Waals surface area (Å²) in [4.78, 5) is 20.9. The molecule has 0 aliphatic heterocycles. The molecule has 1 amide bonds. The van der Waals surface area contributed by atoms with Gasteiger partial charge < -0.3 is 15.5 Å². The van der Waals surface area contributed by atoms with Gasteiger partial charge >= 0.3 is 0 Å². The van der Waals surface area contributed by atoms with E-state index < -0.39 is 0 Å². The molecule has 148 valence electrons. The predicted molar refractivity (Wildman–Crippen MR) is 114 cm³/mol. The first-order valence-electron chi connectivity index (χ1n) is 8.95. The Kier molecular flexibility index (Phi) is 6.53. The Labute approximate surface area is 173 Å². The fourth-order valence-electron chi connectivity index (χ4n) is 2.51. The number of carbonyl (C=O) groups excluding carboxylic acids is 1. The monoisotopic (exact) mass is 416 g/mol. The van der Waals surface area contributed by atoms with Crippen LogP contribution in [0.4, 0.5) is 5.13 Å². The van der Waals surface area contributed by atoms with Crippen LogP contribution in [-0.4, -0.2) is 15.9 Å². The summed E-state index contributed by atoms with van der Waals surface area (Å²) in [6, 6.07) is 7.70. The summed E-state index contributed by atoms with van der Waals surface area (Å²) in [5.74, 6) is 2.08. The first kappa shape index (κ1) is 20.6. The summed E-state index contributed by atoms with van der Waals surface area (Å²) in [6.45, 7) is 6.69. The van der Waals surface area contributed by atoms with Crippen LogP contribution in [0.2, 0.25) is 0 Å². The number of nitrogens with one attached hydrogen (secondary N) is 1. The van der Waals surface area contributed by atoms with E-state index in [-0.39, 0.29) is 17.7 Å². The van der Waals surface area contributed by atoms with Crippen molar-refractivity contribution >= 4 is 34.1 Å². The molecule has 0 aliphatic carbocycles. The van der Waals surface area contributed by atoms with Crippen LogP contribution in [0.1, 0.15) is 43.5 Å². The van der Waals surface area contributed by atoms with Crippen molar-refractivity contribution in [3.05, 3.63) is 59.4 Å². The number of aromatic nitrogens is 2. The quantitative estimate of drug-likeness (QED) is 0.556. The normalized spacial score (nSPS) is 11.6. The molecule has 2 aromatic heterocycles. The third kappa shape index (κ3) is 5.43. The molecule has 6 nitrogen and oxygen atoms in total. The van der Waals surface area contributed by atoms with Crippen molar-refractivity contribution in [2.45, 2.75) is 49.1 Å². The molecule has 0 radical (unpaired) electrons. The van der Waals surface area contributed by atoms with Crippen LogP contribution in [0.3, 0.4) is 0 Å². The number of nitrogens with zero attached hydrogens (tertiary/aromatic N) is 2. The second-order valence-electron chi connectivity index (χ2n) is 7.34. The SMILES string of the molecule is CC(C)(C)c1cnc(CSc2cnc(NC(=O)Cc3ccccc3CN)s2)o1. The molecule has 1 aromatic carbocycles. The lowest BCUT2D eigenvalue weighted by atomic mass is 9.94. The van der Waals surface area contributed by atoms with Gasteiger partial charge in [-0.1, -0.05) is 56.4 Å². The maximum atomic E-state index is 12.3. The molecular weight excluding hydrogens is 392 g/mol. The molecule has 8 heteroatoms. The van der Waals surface area contributed by atoms with Crippen LogP contribution >= 0.6 is 23.1 Å². The van der Waals surface area contributed by atoms with E-state index in [2.05, 4.69) is 36.1 Å². The van der Waals surface area contributed by atoms with E-state index in [9.17, 15) is 4.79 Å². The second kappa shape index (κ2) is 8.89. The Hall–Kier alpha value is -2.16. The minimum Gasteiger partial charge on any atom is -0.444 e. The number of benzene rings is 1. The molecular formula is C20H24N4O2S2. The molecule has 3 aromatic rings. The lowest BCUT2D eigenvalue weighted by molar-refractivity contribution is -0.115. The zero-order chi connectivity index (χ0) is 20.1. The smallest absolute Gasteiger partial charge is 0.230 e. The largest absolute Gasteiger partial charge is 0.444 e. The van der Waals surface area contributed by atoms with Gasteiger partial charge in [0.05, 0.1) is 28.8 Å². The van der Waals surface area contributed by atoms with E-state index in [1.165, 1.54) is 11.3 Å². The third-order valence-corrected chi connectivity index (χ3v) is 6.14. The van der Waals surface area contributed by atoms with Crippen molar-refractivity contribution < 1.29 is 9.21 Å². The standard InChI is InChI=1S/C20H24N4O2S2/c1-20(2,3)15-10-22-17(26-15)12-27-18-11-23-19(28-18)24-16(25)8-13-6-4-5-7-14(13)9-21/h4-7,10-11H,8-9,12,21H2,1-3H3,(H,23,24,25). The maximum absolute atomic E-state index is 12.3. The molecule has 2 heterocycles. The maximum Gasteiger partial charge on any atom is 0.230 e. The van der Waals surface area contributed by atoms with Gasteiger partial charge in [-0.2, -0.15) is 0 Å². The molecule has 0 spiro atoms. The Morgan fingerprint density at radius 2 is 1.96 bits per heavy atom. The van der Waals surface area contributed by atoms with Crippen molar-refractivity contribution in [3.63, 3.8) is 0 Å². The second-order valence-corrected chi connectivity index (χ2v) is 9.65. The van der Waals surface area contributed by atoms with Crippen molar-refractivity contribution in [1.29, 1.82) is 0 Å². The minimum atomic E-state index is -0.102. The zero-order valence-corrected chi connectivity index (χ0v) is 17.8. The Morgan fingerprint density at radius 3 is 2.64 bits per heavy atom. The average molecular weight is 417 g/mol. The summed E-state index contributed by atoms with van der Waals surface area (Å²) in [5.41, 5.74) is 7.59. The number of carbonyl (C=O) groups is 1. The summed E-state index contributed by atoms with van der Waals surface area (Å²) in [5, 5.41) is 3.44. The predicted octanol–water partition coefficient (Wildman–Crippen LogP) is 4.36. The average Bonchev–Trinajstić information content (AvgIpc) is 3.29. The molecule has 0 saturated heterocycles. The van der Waals surface area contributed by atoms with Gasteiger partial charge in [0.15, 0.2) is 5.13 Å². The van der Waals surface area contributed by atoms with E-state index in [1.54, 1.807) is 24.2 Å². The van der Waals surface area contributed by atoms with Crippen molar-refractivity contribution in [2.75, 3.05) is 5.32 Å². The Balaban J connectivity index is 1.54. The lowest BCUT2D eigenvalue weighted by Gasteiger charge is -2.12. The van der Waals surface area contributed by atoms with Crippen LogP contribution in [0.5, 0.6) is 0 Å². The van der Waals surface area contributed by atoms with Crippen LogP contribution in [0.15, 0.2) is 45.3 Å². The van der Waals surface area contributed by atoms with E-state index in [1.807, 2.05) is 24.3 Å². The van der Waals surface area contributed by atoms with Crippen molar-refractivity contribution in [2.24, 2.45) is 5.73 Å². The summed E-state index contributed by atoms with van der Waals surface area (Å²) in [6.07, 6.45) is 3.82. The lowest BCUT2D eigenvalue weighted by Crippen LogP contribution is -2.15. The van der Waals surface area contributed by atoms with Gasteiger partial charge in [0, 0.05) is 12.0 Å². The Morgan fingerprint density at radius 1 is 1.21 bits per heavy atom. The minimum absolute atomic E-state index is 0.0552. The van der Waals surface area contributed by atoms with Gasteiger partial charge in [0.2, 0.25) is 11.8 Å². The molecule has 0 bridgehead atoms. The van der Waals surface area contributed by atoms with Gasteiger partial charge in [-0.05, 0) is 11.1 Å². The molecule has 28 heavy (non-hydrogen) atoms. The highest BCUT2D eigenvalue weighted by Gasteiger charge is 2.19. The summed E-state index contributed by atoms with van der Waals surface area (Å²) >= 11 is 3.03. The molecule has 0 unspecified atom stereocenters. The molecule has 3 rings (SSSR count). The van der Waals surface area contributed by atoms with Gasteiger partial charge in [-0.25, -0.2) is 9.97 Å². The fraction of sp³-hybridized carbons (Fsp3) is 0.350. The first-order valence-corrected chi connectivity index (χ1v) is 10.8. The summed E-state index contributed by atoms with van der Waals surface area (Å²) in [7, 11) is 0. The van der Waals surface area contributed by atoms with Crippen LogP contribution in [0, 0.1) is 0 Å². The van der Waals surface area contributed by atoms with Crippen LogP contribution in [0.25, 0.3) is 0 Å². The highest BCUT2D eigenvalue weighted by Crippen LogP contribution is 2.31. The van der Waals surface area contributed by atoms with Crippen LogP contribution < -0.4 is 11.1 Å². The van der Waals surface area contributed by atoms with Gasteiger partial charge in [-0.3, -0.25) is 4.79 Å². The molecule has 3 N–H and O–H groups in total. The molecule has 0 fully saturated rings. The number of hydrogen-bond acceptors (Lipinski definition) is 7. The summed E-state index contributed by atoms with van der Waals surface area (Å²) < 4.78 is 6.80. The van der Waals surface area contributed by atoms with E-state index in [0.29, 0.717) is 23.3 Å². The van der Waals surface area contributed by atoms with Gasteiger partial charge in [-0.15, -0.1) is 11.8 Å². The molecule has 0 saturated carbocycles. The van der Waals surface area contributed by atoms with E-state index in [0.717, 1.165) is 21.1 Å². The number of thiazole rings is 1. The van der Waals surface area contributed by atoms with Crippen molar-refractivity contribution in [1.82, 2.24) is 9.97 Å². The van der Waals surface area contributed by atoms with E-state index >= 15 is 0 Å². The van der Waals surface area contributed by atoms with Gasteiger partial charge in [0.25, 0.3) is 0 Å². The van der Waals surface area contributed by atoms with Gasteiger partial charge in [0.1, 0.15) is 5.76 Å². The Bertz CT molecular complexity index is 944. The number of hydrogen-bond donors (Lipinski definition) is 2. The molecule has 0 aliphatic rings. The highest BCUT2D eigenvalue weighted by atomic mass is 32.2. The first-order chi connectivity index (χ1) is 13.3. The number of anilines is 1. The number of thioether (sulfide) groups is 1. The zero-order valence-electron chi connectivity index (χ0n) is 16.2.